The highest BCUT2D eigenvalue weighted by atomic mass is 16.5. The van der Waals surface area contributed by atoms with Crippen molar-refractivity contribution in [2.75, 3.05) is 30.8 Å². The number of hydrogen-bond donors (Lipinski definition) is 3. The zero-order valence-corrected chi connectivity index (χ0v) is 9.90. The average Bonchev–Trinajstić information content (AvgIpc) is 2.28. The molecule has 0 saturated carbocycles. The second kappa shape index (κ2) is 6.75. The summed E-state index contributed by atoms with van der Waals surface area (Å²) in [4.78, 5) is 10.7. The van der Waals surface area contributed by atoms with E-state index in [0.29, 0.717) is 6.61 Å². The molecule has 1 aromatic rings. The van der Waals surface area contributed by atoms with Crippen LogP contribution < -0.4 is 11.1 Å². The Morgan fingerprint density at radius 1 is 1.53 bits per heavy atom. The van der Waals surface area contributed by atoms with Gasteiger partial charge in [0, 0.05) is 31.1 Å². The molecule has 0 bridgehead atoms. The molecule has 0 heterocycles. The lowest BCUT2D eigenvalue weighted by atomic mass is 10.1. The number of nitrogens with two attached hydrogens (primary N) is 1. The Bertz CT molecular complexity index is 380. The lowest BCUT2D eigenvalue weighted by molar-refractivity contribution is 0.0698. The molecule has 0 aromatic heterocycles. The lowest BCUT2D eigenvalue weighted by Crippen LogP contribution is -2.07. The van der Waals surface area contributed by atoms with Crippen molar-refractivity contribution in [3.05, 3.63) is 23.8 Å². The number of hydrogen-bond acceptors (Lipinski definition) is 4. The zero-order valence-electron chi connectivity index (χ0n) is 9.90. The van der Waals surface area contributed by atoms with Crippen molar-refractivity contribution in [1.29, 1.82) is 0 Å². The van der Waals surface area contributed by atoms with Gasteiger partial charge in [-0.05, 0) is 31.5 Å². The molecule has 0 saturated heterocycles. The quantitative estimate of drug-likeness (QED) is 0.498. The molecule has 0 aliphatic rings. The second-order valence-electron chi connectivity index (χ2n) is 3.58. The third-order valence-corrected chi connectivity index (χ3v) is 2.28. The van der Waals surface area contributed by atoms with Gasteiger partial charge in [-0.1, -0.05) is 0 Å². The summed E-state index contributed by atoms with van der Waals surface area (Å²) in [6.07, 6.45) is 0.897. The minimum absolute atomic E-state index is 0.130. The number of anilines is 2. The van der Waals surface area contributed by atoms with Crippen molar-refractivity contribution in [2.24, 2.45) is 0 Å². The van der Waals surface area contributed by atoms with E-state index in [1.54, 1.807) is 12.1 Å². The van der Waals surface area contributed by atoms with E-state index in [0.717, 1.165) is 25.3 Å². The number of nitrogen functional groups attached to an aromatic ring is 1. The van der Waals surface area contributed by atoms with E-state index in [4.69, 9.17) is 15.6 Å². The first-order chi connectivity index (χ1) is 8.15. The number of carbonyl (C=O) groups is 1. The van der Waals surface area contributed by atoms with Crippen LogP contribution in [-0.4, -0.2) is 30.8 Å². The first kappa shape index (κ1) is 13.3. The van der Waals surface area contributed by atoms with Crippen LogP contribution >= 0.6 is 0 Å². The molecule has 0 unspecified atom stereocenters. The van der Waals surface area contributed by atoms with Crippen LogP contribution in [0, 0.1) is 0 Å². The van der Waals surface area contributed by atoms with Crippen LogP contribution in [0.25, 0.3) is 0 Å². The van der Waals surface area contributed by atoms with Crippen molar-refractivity contribution in [1.82, 2.24) is 0 Å². The molecular weight excluding hydrogens is 220 g/mol. The third-order valence-electron chi connectivity index (χ3n) is 2.28. The molecule has 0 aliphatic heterocycles. The van der Waals surface area contributed by atoms with Gasteiger partial charge in [0.1, 0.15) is 0 Å². The molecule has 4 N–H and O–H groups in total. The second-order valence-corrected chi connectivity index (χ2v) is 3.58. The Morgan fingerprint density at radius 2 is 2.29 bits per heavy atom. The fraction of sp³-hybridized carbons (Fsp3) is 0.417. The summed E-state index contributed by atoms with van der Waals surface area (Å²) in [6, 6.07) is 4.84. The van der Waals surface area contributed by atoms with Crippen LogP contribution in [-0.2, 0) is 4.74 Å². The van der Waals surface area contributed by atoms with E-state index in [1.165, 1.54) is 6.07 Å². The van der Waals surface area contributed by atoms with Gasteiger partial charge in [0.15, 0.2) is 0 Å². The molecule has 5 nitrogen and oxygen atoms in total. The van der Waals surface area contributed by atoms with Crippen LogP contribution in [0.3, 0.4) is 0 Å². The van der Waals surface area contributed by atoms with Crippen LogP contribution in [0.15, 0.2) is 18.2 Å². The van der Waals surface area contributed by atoms with Crippen LogP contribution in [0.2, 0.25) is 0 Å². The summed E-state index contributed by atoms with van der Waals surface area (Å²) in [5, 5.41) is 12.0. The monoisotopic (exact) mass is 238 g/mol. The zero-order chi connectivity index (χ0) is 12.7. The number of carboxylic acid groups (broad SMARTS) is 1. The Balaban J connectivity index is 2.45. The Hall–Kier alpha value is -1.75. The van der Waals surface area contributed by atoms with Crippen molar-refractivity contribution in [2.45, 2.75) is 13.3 Å². The first-order valence-corrected chi connectivity index (χ1v) is 5.59. The molecule has 1 rings (SSSR count). The molecule has 0 fully saturated rings. The summed E-state index contributed by atoms with van der Waals surface area (Å²) in [6.45, 7) is 4.16. The predicted molar refractivity (Wildman–Crippen MR) is 67.4 cm³/mol. The van der Waals surface area contributed by atoms with Gasteiger partial charge in [0.2, 0.25) is 0 Å². The Morgan fingerprint density at radius 3 is 2.88 bits per heavy atom. The Kier molecular flexibility index (Phi) is 5.29. The van der Waals surface area contributed by atoms with Gasteiger partial charge in [-0.25, -0.2) is 4.79 Å². The normalized spacial score (nSPS) is 10.2. The van der Waals surface area contributed by atoms with Gasteiger partial charge in [-0.2, -0.15) is 0 Å². The van der Waals surface area contributed by atoms with E-state index in [-0.39, 0.29) is 11.3 Å². The maximum Gasteiger partial charge on any atom is 0.337 e. The van der Waals surface area contributed by atoms with Crippen LogP contribution in [0.1, 0.15) is 23.7 Å². The molecule has 0 atom stereocenters. The first-order valence-electron chi connectivity index (χ1n) is 5.59. The number of benzene rings is 1. The Labute approximate surface area is 101 Å². The van der Waals surface area contributed by atoms with Crippen molar-refractivity contribution in [3.8, 4) is 0 Å². The molecule has 5 heteroatoms. The van der Waals surface area contributed by atoms with Gasteiger partial charge in [0.05, 0.1) is 5.56 Å². The number of rotatable bonds is 7. The van der Waals surface area contributed by atoms with Crippen LogP contribution in [0.5, 0.6) is 0 Å². The minimum Gasteiger partial charge on any atom is -0.478 e. The smallest absolute Gasteiger partial charge is 0.337 e. The van der Waals surface area contributed by atoms with Crippen molar-refractivity contribution in [3.63, 3.8) is 0 Å². The number of carboxylic acids is 1. The summed E-state index contributed by atoms with van der Waals surface area (Å²) in [7, 11) is 0. The topological polar surface area (TPSA) is 84.6 Å². The summed E-state index contributed by atoms with van der Waals surface area (Å²) in [5.74, 6) is -1.01. The van der Waals surface area contributed by atoms with E-state index in [9.17, 15) is 4.79 Å². The van der Waals surface area contributed by atoms with E-state index >= 15 is 0 Å². The number of aromatic carboxylic acids is 1. The summed E-state index contributed by atoms with van der Waals surface area (Å²) >= 11 is 0. The SMILES string of the molecule is CCOCCCNc1ccc(C(=O)O)c(N)c1. The van der Waals surface area contributed by atoms with Gasteiger partial charge in [-0.15, -0.1) is 0 Å². The highest BCUT2D eigenvalue weighted by molar-refractivity contribution is 5.94. The van der Waals surface area contributed by atoms with E-state index < -0.39 is 5.97 Å². The molecule has 17 heavy (non-hydrogen) atoms. The maximum absolute atomic E-state index is 10.7. The highest BCUT2D eigenvalue weighted by Crippen LogP contribution is 2.17. The highest BCUT2D eigenvalue weighted by Gasteiger charge is 2.07. The molecular formula is C12H18N2O3. The van der Waals surface area contributed by atoms with Gasteiger partial charge in [0.25, 0.3) is 0 Å². The molecule has 94 valence electrons. The lowest BCUT2D eigenvalue weighted by Gasteiger charge is -2.08. The fourth-order valence-corrected chi connectivity index (χ4v) is 1.42. The molecule has 0 aliphatic carbocycles. The third kappa shape index (κ3) is 4.32. The van der Waals surface area contributed by atoms with E-state index in [2.05, 4.69) is 5.32 Å². The summed E-state index contributed by atoms with van der Waals surface area (Å²) in [5.41, 5.74) is 6.85. The number of nitrogens with one attached hydrogen (secondary N) is 1. The molecule has 0 radical (unpaired) electrons. The molecule has 0 amide bonds. The van der Waals surface area contributed by atoms with Gasteiger partial charge in [-0.3, -0.25) is 0 Å². The average molecular weight is 238 g/mol. The fourth-order valence-electron chi connectivity index (χ4n) is 1.42. The predicted octanol–water partition coefficient (Wildman–Crippen LogP) is 1.81. The number of ether oxygens (including phenoxy) is 1. The molecule has 1 aromatic carbocycles. The van der Waals surface area contributed by atoms with Crippen molar-refractivity contribution < 1.29 is 14.6 Å². The van der Waals surface area contributed by atoms with Gasteiger partial charge >= 0.3 is 5.97 Å². The minimum atomic E-state index is -1.01. The summed E-state index contributed by atoms with van der Waals surface area (Å²) < 4.78 is 5.20. The van der Waals surface area contributed by atoms with E-state index in [1.807, 2.05) is 6.92 Å². The van der Waals surface area contributed by atoms with Crippen LogP contribution in [0.4, 0.5) is 11.4 Å². The van der Waals surface area contributed by atoms with Gasteiger partial charge < -0.3 is 20.9 Å². The standard InChI is InChI=1S/C12H18N2O3/c1-2-17-7-3-6-14-9-4-5-10(12(15)16)11(13)8-9/h4-5,8,14H,2-3,6-7,13H2,1H3,(H,15,16). The molecule has 0 spiro atoms. The largest absolute Gasteiger partial charge is 0.478 e. The maximum atomic E-state index is 10.7. The van der Waals surface area contributed by atoms with Crippen molar-refractivity contribution >= 4 is 17.3 Å².